The number of H-pyrrole nitrogens is 1. The number of hydrogen-bond donors (Lipinski definition) is 2. The zero-order valence-corrected chi connectivity index (χ0v) is 15.6. The van der Waals surface area contributed by atoms with Crippen molar-refractivity contribution in [2.75, 3.05) is 16.8 Å². The van der Waals surface area contributed by atoms with Gasteiger partial charge in [-0.3, -0.25) is 19.6 Å². The summed E-state index contributed by atoms with van der Waals surface area (Å²) in [7, 11) is 0. The number of benzene rings is 2. The maximum Gasteiger partial charge on any atom is 0.357 e. The van der Waals surface area contributed by atoms with Crippen LogP contribution in [0.1, 0.15) is 17.4 Å². The van der Waals surface area contributed by atoms with E-state index in [1.807, 2.05) is 30.3 Å². The van der Waals surface area contributed by atoms with Crippen molar-refractivity contribution >= 4 is 29.2 Å². The van der Waals surface area contributed by atoms with Gasteiger partial charge in [0.2, 0.25) is 5.91 Å². The number of carbonyl (C=O) groups excluding carboxylic acids is 3. The largest absolute Gasteiger partial charge is 0.448 e. The lowest BCUT2D eigenvalue weighted by atomic mass is 10.1. The number of anilines is 2. The molecule has 29 heavy (non-hydrogen) atoms. The third-order valence-corrected chi connectivity index (χ3v) is 4.54. The fraction of sp³-hybridized carbons (Fsp3) is 0.143. The number of amides is 2. The molecule has 4 rings (SSSR count). The molecule has 0 spiro atoms. The first-order valence-corrected chi connectivity index (χ1v) is 9.05. The van der Waals surface area contributed by atoms with E-state index < -0.39 is 18.0 Å². The number of rotatable bonds is 4. The molecule has 0 saturated carbocycles. The minimum atomic E-state index is -1.08. The Kier molecular flexibility index (Phi) is 4.82. The van der Waals surface area contributed by atoms with Crippen LogP contribution in [0.5, 0.6) is 0 Å². The first-order valence-electron chi connectivity index (χ1n) is 9.05. The summed E-state index contributed by atoms with van der Waals surface area (Å²) in [5.41, 5.74) is 2.69. The molecule has 1 aromatic heterocycles. The molecule has 1 aliphatic rings. The molecule has 1 aliphatic heterocycles. The van der Waals surface area contributed by atoms with Crippen molar-refractivity contribution in [1.29, 1.82) is 0 Å². The van der Waals surface area contributed by atoms with Gasteiger partial charge in [-0.25, -0.2) is 4.79 Å². The fourth-order valence-corrected chi connectivity index (χ4v) is 3.11. The molecular weight excluding hydrogens is 372 g/mol. The maximum absolute atomic E-state index is 12.8. The summed E-state index contributed by atoms with van der Waals surface area (Å²) in [6, 6.07) is 17.9. The second kappa shape index (κ2) is 7.59. The fourth-order valence-electron chi connectivity index (χ4n) is 3.11. The van der Waals surface area contributed by atoms with Gasteiger partial charge in [0, 0.05) is 5.56 Å². The summed E-state index contributed by atoms with van der Waals surface area (Å²) < 4.78 is 5.32. The van der Waals surface area contributed by atoms with Crippen molar-refractivity contribution in [2.45, 2.75) is 13.0 Å². The molecule has 2 N–H and O–H groups in total. The van der Waals surface area contributed by atoms with Gasteiger partial charge < -0.3 is 10.1 Å². The Hall–Kier alpha value is -3.94. The Bertz CT molecular complexity index is 1080. The lowest BCUT2D eigenvalue weighted by Gasteiger charge is -2.30. The highest BCUT2D eigenvalue weighted by Crippen LogP contribution is 2.29. The van der Waals surface area contributed by atoms with Crippen molar-refractivity contribution in [3.8, 4) is 11.3 Å². The Labute approximate surface area is 166 Å². The van der Waals surface area contributed by atoms with Crippen molar-refractivity contribution < 1.29 is 19.1 Å². The molecule has 0 radical (unpaired) electrons. The van der Waals surface area contributed by atoms with Crippen LogP contribution in [0.2, 0.25) is 0 Å². The molecule has 0 fully saturated rings. The van der Waals surface area contributed by atoms with Gasteiger partial charge in [0.25, 0.3) is 5.91 Å². The molecule has 1 atom stereocenters. The number of nitrogens with one attached hydrogen (secondary N) is 2. The molecule has 8 nitrogen and oxygen atoms in total. The summed E-state index contributed by atoms with van der Waals surface area (Å²) in [5, 5.41) is 9.47. The van der Waals surface area contributed by atoms with E-state index in [0.717, 1.165) is 5.56 Å². The lowest BCUT2D eigenvalue weighted by molar-refractivity contribution is -0.128. The van der Waals surface area contributed by atoms with Gasteiger partial charge in [-0.1, -0.05) is 42.5 Å². The van der Waals surface area contributed by atoms with Crippen molar-refractivity contribution in [3.05, 3.63) is 66.4 Å². The second-order valence-corrected chi connectivity index (χ2v) is 6.57. The van der Waals surface area contributed by atoms with E-state index in [0.29, 0.717) is 17.1 Å². The molecular formula is C21H18N4O4. The van der Waals surface area contributed by atoms with E-state index in [2.05, 4.69) is 15.5 Å². The van der Waals surface area contributed by atoms with Crippen molar-refractivity contribution in [1.82, 2.24) is 10.2 Å². The molecule has 3 aromatic rings. The minimum Gasteiger partial charge on any atom is -0.448 e. The number of carbonyl (C=O) groups is 3. The van der Waals surface area contributed by atoms with Crippen molar-refractivity contribution in [3.63, 3.8) is 0 Å². The number of para-hydroxylation sites is 2. The number of aromatic nitrogens is 2. The number of nitrogens with zero attached hydrogens (tertiary/aromatic N) is 2. The van der Waals surface area contributed by atoms with E-state index in [1.54, 1.807) is 30.3 Å². The highest BCUT2D eigenvalue weighted by molar-refractivity contribution is 6.11. The van der Waals surface area contributed by atoms with Crippen LogP contribution < -0.4 is 10.2 Å². The molecule has 146 valence electrons. The first-order chi connectivity index (χ1) is 14.0. The van der Waals surface area contributed by atoms with E-state index in [4.69, 9.17) is 4.74 Å². The van der Waals surface area contributed by atoms with Gasteiger partial charge in [-0.2, -0.15) is 5.10 Å². The zero-order chi connectivity index (χ0) is 20.4. The molecule has 2 aromatic carbocycles. The highest BCUT2D eigenvalue weighted by Gasteiger charge is 2.31. The Morgan fingerprint density at radius 1 is 1.10 bits per heavy atom. The first kappa shape index (κ1) is 18.4. The van der Waals surface area contributed by atoms with Crippen LogP contribution >= 0.6 is 0 Å². The SMILES string of the molecule is C[C@H](OC(=O)c1cc(-c2ccccc2)n[nH]1)C(=O)N1CC(=O)Nc2ccccc21. The van der Waals surface area contributed by atoms with Crippen LogP contribution in [-0.4, -0.2) is 40.6 Å². The minimum absolute atomic E-state index is 0.139. The van der Waals surface area contributed by atoms with E-state index in [-0.39, 0.29) is 18.1 Å². The molecule has 2 amide bonds. The molecule has 0 aliphatic carbocycles. The van der Waals surface area contributed by atoms with Crippen LogP contribution in [0.15, 0.2) is 60.7 Å². The van der Waals surface area contributed by atoms with Crippen LogP contribution in [0.3, 0.4) is 0 Å². The monoisotopic (exact) mass is 390 g/mol. The summed E-state index contributed by atoms with van der Waals surface area (Å²) in [6.07, 6.45) is -1.08. The smallest absolute Gasteiger partial charge is 0.357 e. The summed E-state index contributed by atoms with van der Waals surface area (Å²) >= 11 is 0. The Morgan fingerprint density at radius 2 is 1.83 bits per heavy atom. The predicted octanol–water partition coefficient (Wildman–Crippen LogP) is 2.61. The van der Waals surface area contributed by atoms with Crippen LogP contribution in [0.25, 0.3) is 11.3 Å². The summed E-state index contributed by atoms with van der Waals surface area (Å²) in [5.74, 6) is -1.49. The number of hydrogen-bond acceptors (Lipinski definition) is 5. The number of ether oxygens (including phenoxy) is 1. The number of fused-ring (bicyclic) bond motifs is 1. The van der Waals surface area contributed by atoms with E-state index >= 15 is 0 Å². The summed E-state index contributed by atoms with van der Waals surface area (Å²) in [4.78, 5) is 38.5. The predicted molar refractivity (Wildman–Crippen MR) is 106 cm³/mol. The van der Waals surface area contributed by atoms with E-state index in [1.165, 1.54) is 11.8 Å². The third-order valence-electron chi connectivity index (χ3n) is 4.54. The molecule has 0 saturated heterocycles. The highest BCUT2D eigenvalue weighted by atomic mass is 16.5. The van der Waals surface area contributed by atoms with Gasteiger partial charge >= 0.3 is 5.97 Å². The van der Waals surface area contributed by atoms with Gasteiger partial charge in [-0.15, -0.1) is 0 Å². The van der Waals surface area contributed by atoms with Crippen LogP contribution in [-0.2, 0) is 14.3 Å². The lowest BCUT2D eigenvalue weighted by Crippen LogP contribution is -2.47. The standard InChI is InChI=1S/C21H18N4O4/c1-13(20(27)25-12-19(26)22-15-9-5-6-10-18(15)25)29-21(28)17-11-16(23-24-17)14-7-3-2-4-8-14/h2-11,13H,12H2,1H3,(H,22,26)(H,23,24)/t13-/m0/s1. The number of esters is 1. The molecule has 0 unspecified atom stereocenters. The molecule has 0 bridgehead atoms. The van der Waals surface area contributed by atoms with Crippen LogP contribution in [0.4, 0.5) is 11.4 Å². The average Bonchev–Trinajstić information content (AvgIpc) is 3.23. The zero-order valence-electron chi connectivity index (χ0n) is 15.6. The number of aromatic amines is 1. The summed E-state index contributed by atoms with van der Waals surface area (Å²) in [6.45, 7) is 1.34. The normalized spacial score (nSPS) is 14.0. The Balaban J connectivity index is 1.48. The van der Waals surface area contributed by atoms with Crippen molar-refractivity contribution in [2.24, 2.45) is 0 Å². The second-order valence-electron chi connectivity index (χ2n) is 6.57. The van der Waals surface area contributed by atoms with Gasteiger partial charge in [0.15, 0.2) is 6.10 Å². The van der Waals surface area contributed by atoms with E-state index in [9.17, 15) is 14.4 Å². The maximum atomic E-state index is 12.8. The van der Waals surface area contributed by atoms with Gasteiger partial charge in [0.05, 0.1) is 17.1 Å². The quantitative estimate of drug-likeness (QED) is 0.667. The average molecular weight is 390 g/mol. The topological polar surface area (TPSA) is 104 Å². The molecule has 8 heteroatoms. The third kappa shape index (κ3) is 3.73. The van der Waals surface area contributed by atoms with Gasteiger partial charge in [-0.05, 0) is 25.1 Å². The Morgan fingerprint density at radius 3 is 2.62 bits per heavy atom. The van der Waals surface area contributed by atoms with Gasteiger partial charge in [0.1, 0.15) is 12.2 Å². The molecule has 2 heterocycles. The van der Waals surface area contributed by atoms with Crippen LogP contribution in [0, 0.1) is 0 Å².